The van der Waals surface area contributed by atoms with Gasteiger partial charge in [-0.1, -0.05) is 6.92 Å². The second-order valence-corrected chi connectivity index (χ2v) is 5.39. The van der Waals surface area contributed by atoms with Gasteiger partial charge in [0.05, 0.1) is 5.60 Å². The first-order valence-electron chi connectivity index (χ1n) is 5.96. The molecule has 3 heteroatoms. The summed E-state index contributed by atoms with van der Waals surface area (Å²) >= 11 is 0. The number of hydrogen-bond donors (Lipinski definition) is 2. The standard InChI is InChI=1S/C12H25NO2/c1-4-10(13)12(5-7-14)6-8-15-11(2,3)9-12/h10,14H,4-9,13H2,1-3H3. The number of rotatable bonds is 4. The van der Waals surface area contributed by atoms with Gasteiger partial charge >= 0.3 is 0 Å². The summed E-state index contributed by atoms with van der Waals surface area (Å²) in [5, 5.41) is 9.20. The Morgan fingerprint density at radius 2 is 2.13 bits per heavy atom. The fraction of sp³-hybridized carbons (Fsp3) is 1.00. The SMILES string of the molecule is CCC(N)C1(CCO)CCOC(C)(C)C1. The molecule has 0 aromatic rings. The normalized spacial score (nSPS) is 32.6. The molecule has 0 aromatic carbocycles. The third-order valence-corrected chi connectivity index (χ3v) is 3.71. The van der Waals surface area contributed by atoms with Crippen molar-refractivity contribution in [3.8, 4) is 0 Å². The molecule has 0 amide bonds. The summed E-state index contributed by atoms with van der Waals surface area (Å²) < 4.78 is 5.72. The zero-order chi connectivity index (χ0) is 11.5. The van der Waals surface area contributed by atoms with E-state index in [0.29, 0.717) is 0 Å². The highest BCUT2D eigenvalue weighted by Gasteiger charge is 2.43. The lowest BCUT2D eigenvalue weighted by Gasteiger charge is -2.48. The quantitative estimate of drug-likeness (QED) is 0.750. The highest BCUT2D eigenvalue weighted by atomic mass is 16.5. The fourth-order valence-electron chi connectivity index (χ4n) is 2.89. The highest BCUT2D eigenvalue weighted by Crippen LogP contribution is 2.44. The third-order valence-electron chi connectivity index (χ3n) is 3.71. The van der Waals surface area contributed by atoms with Gasteiger partial charge in [-0.3, -0.25) is 0 Å². The minimum atomic E-state index is -0.0970. The van der Waals surface area contributed by atoms with E-state index >= 15 is 0 Å². The molecule has 1 fully saturated rings. The first kappa shape index (κ1) is 12.9. The van der Waals surface area contributed by atoms with Crippen molar-refractivity contribution < 1.29 is 9.84 Å². The zero-order valence-electron chi connectivity index (χ0n) is 10.3. The zero-order valence-corrected chi connectivity index (χ0v) is 10.3. The molecule has 2 unspecified atom stereocenters. The average molecular weight is 215 g/mol. The maximum absolute atomic E-state index is 9.20. The molecule has 1 heterocycles. The van der Waals surface area contributed by atoms with E-state index in [4.69, 9.17) is 10.5 Å². The molecular weight excluding hydrogens is 190 g/mol. The second kappa shape index (κ2) is 4.81. The Labute approximate surface area is 93.0 Å². The van der Waals surface area contributed by atoms with Crippen molar-refractivity contribution in [2.45, 2.75) is 58.1 Å². The molecular formula is C12H25NO2. The molecule has 1 aliphatic heterocycles. The van der Waals surface area contributed by atoms with Crippen LogP contribution in [0.2, 0.25) is 0 Å². The van der Waals surface area contributed by atoms with Crippen molar-refractivity contribution in [3.63, 3.8) is 0 Å². The van der Waals surface area contributed by atoms with E-state index in [1.807, 2.05) is 0 Å². The van der Waals surface area contributed by atoms with Gasteiger partial charge in [-0.2, -0.15) is 0 Å². The summed E-state index contributed by atoms with van der Waals surface area (Å²) in [6, 6.07) is 0.174. The molecule has 1 rings (SSSR count). The van der Waals surface area contributed by atoms with Crippen molar-refractivity contribution >= 4 is 0 Å². The minimum Gasteiger partial charge on any atom is -0.396 e. The van der Waals surface area contributed by atoms with Crippen LogP contribution in [0.1, 0.15) is 46.5 Å². The first-order valence-corrected chi connectivity index (χ1v) is 5.96. The number of nitrogens with two attached hydrogens (primary N) is 1. The minimum absolute atomic E-state index is 0.0747. The van der Waals surface area contributed by atoms with Gasteiger partial charge in [-0.25, -0.2) is 0 Å². The van der Waals surface area contributed by atoms with E-state index in [-0.39, 0.29) is 23.7 Å². The van der Waals surface area contributed by atoms with Crippen molar-refractivity contribution in [1.29, 1.82) is 0 Å². The van der Waals surface area contributed by atoms with Crippen molar-refractivity contribution in [1.82, 2.24) is 0 Å². The number of aliphatic hydroxyl groups is 1. The molecule has 0 radical (unpaired) electrons. The summed E-state index contributed by atoms with van der Waals surface area (Å²) in [6.07, 6.45) is 3.70. The van der Waals surface area contributed by atoms with Crippen LogP contribution in [-0.4, -0.2) is 30.0 Å². The van der Waals surface area contributed by atoms with Crippen molar-refractivity contribution in [3.05, 3.63) is 0 Å². The second-order valence-electron chi connectivity index (χ2n) is 5.39. The Morgan fingerprint density at radius 1 is 1.47 bits per heavy atom. The lowest BCUT2D eigenvalue weighted by molar-refractivity contribution is -0.117. The van der Waals surface area contributed by atoms with Crippen molar-refractivity contribution in [2.75, 3.05) is 13.2 Å². The molecule has 90 valence electrons. The maximum atomic E-state index is 9.20. The number of aliphatic hydroxyl groups excluding tert-OH is 1. The topological polar surface area (TPSA) is 55.5 Å². The predicted molar refractivity (Wildman–Crippen MR) is 61.7 cm³/mol. The summed E-state index contributed by atoms with van der Waals surface area (Å²) in [7, 11) is 0. The van der Waals surface area contributed by atoms with E-state index in [1.54, 1.807) is 0 Å². The molecule has 3 N–H and O–H groups in total. The monoisotopic (exact) mass is 215 g/mol. The first-order chi connectivity index (χ1) is 6.96. The number of hydrogen-bond acceptors (Lipinski definition) is 3. The van der Waals surface area contributed by atoms with Gasteiger partial charge in [0, 0.05) is 19.3 Å². The summed E-state index contributed by atoms with van der Waals surface area (Å²) in [5.41, 5.74) is 6.20. The van der Waals surface area contributed by atoms with E-state index in [2.05, 4.69) is 20.8 Å². The predicted octanol–water partition coefficient (Wildman–Crippen LogP) is 1.68. The molecule has 0 aliphatic carbocycles. The van der Waals surface area contributed by atoms with Gasteiger partial charge < -0.3 is 15.6 Å². The molecule has 3 nitrogen and oxygen atoms in total. The molecule has 0 saturated carbocycles. The molecule has 0 aromatic heterocycles. The van der Waals surface area contributed by atoms with E-state index in [9.17, 15) is 5.11 Å². The molecule has 1 aliphatic rings. The van der Waals surface area contributed by atoms with Gasteiger partial charge in [0.1, 0.15) is 0 Å². The summed E-state index contributed by atoms with van der Waals surface area (Å²) in [5.74, 6) is 0. The van der Waals surface area contributed by atoms with Crippen LogP contribution in [0.25, 0.3) is 0 Å². The Balaban J connectivity index is 2.80. The molecule has 2 atom stereocenters. The lowest BCUT2D eigenvalue weighted by atomic mass is 9.66. The average Bonchev–Trinajstić information content (AvgIpc) is 2.15. The number of ether oxygens (including phenoxy) is 1. The van der Waals surface area contributed by atoms with E-state index < -0.39 is 0 Å². The van der Waals surface area contributed by atoms with E-state index in [1.165, 1.54) is 0 Å². The van der Waals surface area contributed by atoms with Gasteiger partial charge in [0.15, 0.2) is 0 Å². The fourth-order valence-corrected chi connectivity index (χ4v) is 2.89. The Kier molecular flexibility index (Phi) is 4.15. The van der Waals surface area contributed by atoms with Crippen LogP contribution in [0.4, 0.5) is 0 Å². The van der Waals surface area contributed by atoms with Gasteiger partial charge in [-0.05, 0) is 44.9 Å². The van der Waals surface area contributed by atoms with Gasteiger partial charge in [0.2, 0.25) is 0 Å². The maximum Gasteiger partial charge on any atom is 0.0632 e. The Morgan fingerprint density at radius 3 is 2.60 bits per heavy atom. The Hall–Kier alpha value is -0.120. The van der Waals surface area contributed by atoms with Gasteiger partial charge in [0.25, 0.3) is 0 Å². The smallest absolute Gasteiger partial charge is 0.0632 e. The largest absolute Gasteiger partial charge is 0.396 e. The van der Waals surface area contributed by atoms with Crippen LogP contribution >= 0.6 is 0 Å². The Bertz CT molecular complexity index is 202. The highest BCUT2D eigenvalue weighted by molar-refractivity contribution is 4.96. The third kappa shape index (κ3) is 2.92. The summed E-state index contributed by atoms with van der Waals surface area (Å²) in [6.45, 7) is 7.33. The van der Waals surface area contributed by atoms with Crippen LogP contribution in [0.3, 0.4) is 0 Å². The molecule has 0 bridgehead atoms. The summed E-state index contributed by atoms with van der Waals surface area (Å²) in [4.78, 5) is 0. The van der Waals surface area contributed by atoms with Crippen molar-refractivity contribution in [2.24, 2.45) is 11.1 Å². The van der Waals surface area contributed by atoms with Crippen LogP contribution in [0.15, 0.2) is 0 Å². The molecule has 1 saturated heterocycles. The van der Waals surface area contributed by atoms with Crippen LogP contribution < -0.4 is 5.73 Å². The van der Waals surface area contributed by atoms with Gasteiger partial charge in [-0.15, -0.1) is 0 Å². The molecule has 15 heavy (non-hydrogen) atoms. The van der Waals surface area contributed by atoms with Crippen LogP contribution in [0, 0.1) is 5.41 Å². The lowest BCUT2D eigenvalue weighted by Crippen LogP contribution is -2.51. The van der Waals surface area contributed by atoms with Crippen LogP contribution in [0.5, 0.6) is 0 Å². The van der Waals surface area contributed by atoms with E-state index in [0.717, 1.165) is 32.3 Å². The molecule has 0 spiro atoms. The van der Waals surface area contributed by atoms with Crippen LogP contribution in [-0.2, 0) is 4.74 Å².